The summed E-state index contributed by atoms with van der Waals surface area (Å²) in [4.78, 5) is 6.78. The third kappa shape index (κ3) is 2.34. The number of likely N-dealkylation sites (tertiary alicyclic amines) is 1. The Balaban J connectivity index is 1.71. The lowest BCUT2D eigenvalue weighted by molar-refractivity contribution is 0.176. The van der Waals surface area contributed by atoms with Crippen LogP contribution in [0.3, 0.4) is 0 Å². The number of nitrogens with zero attached hydrogens (tertiary/aromatic N) is 2. The highest BCUT2D eigenvalue weighted by Crippen LogP contribution is 2.37. The first-order valence-electron chi connectivity index (χ1n) is 6.68. The van der Waals surface area contributed by atoms with Gasteiger partial charge in [0.1, 0.15) is 5.15 Å². The summed E-state index contributed by atoms with van der Waals surface area (Å²) in [6.07, 6.45) is 8.79. The molecule has 0 aromatic carbocycles. The topological polar surface area (TPSA) is 16.1 Å². The van der Waals surface area contributed by atoms with E-state index in [9.17, 15) is 0 Å². The van der Waals surface area contributed by atoms with Crippen molar-refractivity contribution >= 4 is 11.6 Å². The molecule has 2 heterocycles. The minimum atomic E-state index is 0.673. The zero-order valence-corrected chi connectivity index (χ0v) is 10.9. The Morgan fingerprint density at radius 3 is 3.06 bits per heavy atom. The van der Waals surface area contributed by atoms with E-state index in [-0.39, 0.29) is 0 Å². The van der Waals surface area contributed by atoms with Gasteiger partial charge in [-0.05, 0) is 37.8 Å². The van der Waals surface area contributed by atoms with Crippen LogP contribution in [0, 0.1) is 5.92 Å². The maximum Gasteiger partial charge on any atom is 0.133 e. The number of pyridine rings is 1. The predicted molar refractivity (Wildman–Crippen MR) is 70.0 cm³/mol. The summed E-state index contributed by atoms with van der Waals surface area (Å²) in [7, 11) is 0. The van der Waals surface area contributed by atoms with E-state index in [0.29, 0.717) is 5.15 Å². The molecule has 3 rings (SSSR count). The molecule has 2 atom stereocenters. The largest absolute Gasteiger partial charge is 0.296 e. The first-order chi connectivity index (χ1) is 8.34. The molecular weight excluding hydrogens is 232 g/mol. The normalized spacial score (nSPS) is 29.2. The molecule has 3 heteroatoms. The fourth-order valence-electron chi connectivity index (χ4n) is 3.46. The maximum absolute atomic E-state index is 6.14. The Morgan fingerprint density at radius 1 is 1.29 bits per heavy atom. The van der Waals surface area contributed by atoms with E-state index in [0.717, 1.165) is 18.5 Å². The monoisotopic (exact) mass is 250 g/mol. The molecular formula is C14H19ClN2. The number of hydrogen-bond acceptors (Lipinski definition) is 2. The van der Waals surface area contributed by atoms with Gasteiger partial charge >= 0.3 is 0 Å². The van der Waals surface area contributed by atoms with Crippen LogP contribution >= 0.6 is 11.6 Å². The van der Waals surface area contributed by atoms with Crippen LogP contribution in [0.2, 0.25) is 5.15 Å². The second-order valence-corrected chi connectivity index (χ2v) is 5.68. The molecule has 2 nitrogen and oxygen atoms in total. The van der Waals surface area contributed by atoms with Crippen LogP contribution in [0.1, 0.15) is 37.7 Å². The molecule has 0 N–H and O–H groups in total. The predicted octanol–water partition coefficient (Wildman–Crippen LogP) is 3.50. The van der Waals surface area contributed by atoms with Crippen LogP contribution in [0.4, 0.5) is 0 Å². The molecule has 2 aliphatic rings. The van der Waals surface area contributed by atoms with Gasteiger partial charge < -0.3 is 0 Å². The third-order valence-electron chi connectivity index (χ3n) is 4.33. The standard InChI is InChI=1S/C14H19ClN2/c15-14-12(5-3-8-16-14)10-17-9-7-11-4-1-2-6-13(11)17/h3,5,8,11,13H,1-2,4,6-7,9-10H2. The zero-order valence-electron chi connectivity index (χ0n) is 10.1. The molecule has 1 aromatic heterocycles. The highest BCUT2D eigenvalue weighted by Gasteiger charge is 2.35. The SMILES string of the molecule is Clc1ncccc1CN1CCC2CCCCC21. The second-order valence-electron chi connectivity index (χ2n) is 5.32. The summed E-state index contributed by atoms with van der Waals surface area (Å²) >= 11 is 6.14. The van der Waals surface area contributed by atoms with Gasteiger partial charge in [0.05, 0.1) is 0 Å². The molecule has 0 amide bonds. The van der Waals surface area contributed by atoms with Gasteiger partial charge in [-0.15, -0.1) is 0 Å². The number of halogens is 1. The molecule has 0 spiro atoms. The van der Waals surface area contributed by atoms with Gasteiger partial charge in [0.25, 0.3) is 0 Å². The highest BCUT2D eigenvalue weighted by atomic mass is 35.5. The molecule has 2 fully saturated rings. The summed E-state index contributed by atoms with van der Waals surface area (Å²) in [5, 5.41) is 0.673. The molecule has 2 unspecified atom stereocenters. The van der Waals surface area contributed by atoms with Crippen LogP contribution in [-0.4, -0.2) is 22.5 Å². The van der Waals surface area contributed by atoms with Gasteiger partial charge in [-0.25, -0.2) is 4.98 Å². The van der Waals surface area contributed by atoms with Gasteiger partial charge in [0, 0.05) is 24.3 Å². The van der Waals surface area contributed by atoms with Gasteiger partial charge in [0.2, 0.25) is 0 Å². The van der Waals surface area contributed by atoms with E-state index in [4.69, 9.17) is 11.6 Å². The van der Waals surface area contributed by atoms with Gasteiger partial charge in [-0.3, -0.25) is 4.90 Å². The number of fused-ring (bicyclic) bond motifs is 1. The van der Waals surface area contributed by atoms with E-state index in [1.807, 2.05) is 6.07 Å². The quantitative estimate of drug-likeness (QED) is 0.747. The molecule has 1 aliphatic carbocycles. The van der Waals surface area contributed by atoms with Crippen molar-refractivity contribution in [1.82, 2.24) is 9.88 Å². The molecule has 17 heavy (non-hydrogen) atoms. The number of hydrogen-bond donors (Lipinski definition) is 0. The molecule has 0 bridgehead atoms. The summed E-state index contributed by atoms with van der Waals surface area (Å²) in [5.41, 5.74) is 1.18. The molecule has 1 aliphatic heterocycles. The first-order valence-corrected chi connectivity index (χ1v) is 7.06. The molecule has 0 radical (unpaired) electrons. The van der Waals surface area contributed by atoms with Crippen molar-refractivity contribution in [2.45, 2.75) is 44.7 Å². The smallest absolute Gasteiger partial charge is 0.133 e. The number of aromatic nitrogens is 1. The molecule has 1 saturated carbocycles. The fraction of sp³-hybridized carbons (Fsp3) is 0.643. The Bertz CT molecular complexity index is 394. The van der Waals surface area contributed by atoms with Crippen molar-refractivity contribution in [3.05, 3.63) is 29.0 Å². The zero-order chi connectivity index (χ0) is 11.7. The summed E-state index contributed by atoms with van der Waals surface area (Å²) < 4.78 is 0. The summed E-state index contributed by atoms with van der Waals surface area (Å²) in [6.45, 7) is 2.22. The van der Waals surface area contributed by atoms with Crippen LogP contribution in [0.15, 0.2) is 18.3 Å². The van der Waals surface area contributed by atoms with Gasteiger partial charge in [-0.2, -0.15) is 0 Å². The third-order valence-corrected chi connectivity index (χ3v) is 4.68. The Hall–Kier alpha value is -0.600. The minimum Gasteiger partial charge on any atom is -0.296 e. The van der Waals surface area contributed by atoms with Crippen molar-refractivity contribution in [3.63, 3.8) is 0 Å². The molecule has 1 saturated heterocycles. The van der Waals surface area contributed by atoms with Crippen molar-refractivity contribution in [2.75, 3.05) is 6.54 Å². The van der Waals surface area contributed by atoms with Crippen molar-refractivity contribution in [1.29, 1.82) is 0 Å². The molecule has 1 aromatic rings. The van der Waals surface area contributed by atoms with Crippen LogP contribution in [0.5, 0.6) is 0 Å². The lowest BCUT2D eigenvalue weighted by Gasteiger charge is -2.31. The fourth-order valence-corrected chi connectivity index (χ4v) is 3.63. The number of rotatable bonds is 2. The average molecular weight is 251 g/mol. The molecule has 92 valence electrons. The van der Waals surface area contributed by atoms with E-state index >= 15 is 0 Å². The van der Waals surface area contributed by atoms with E-state index in [1.165, 1.54) is 44.2 Å². The summed E-state index contributed by atoms with van der Waals surface area (Å²) in [6, 6.07) is 4.89. The second kappa shape index (κ2) is 4.95. The Morgan fingerprint density at radius 2 is 2.18 bits per heavy atom. The minimum absolute atomic E-state index is 0.673. The first kappa shape index (κ1) is 11.5. The van der Waals surface area contributed by atoms with E-state index < -0.39 is 0 Å². The van der Waals surface area contributed by atoms with Crippen molar-refractivity contribution in [3.8, 4) is 0 Å². The van der Waals surface area contributed by atoms with Gasteiger partial charge in [0.15, 0.2) is 0 Å². The van der Waals surface area contributed by atoms with Crippen LogP contribution in [0.25, 0.3) is 0 Å². The maximum atomic E-state index is 6.14. The van der Waals surface area contributed by atoms with E-state index in [1.54, 1.807) is 6.20 Å². The highest BCUT2D eigenvalue weighted by molar-refractivity contribution is 6.30. The van der Waals surface area contributed by atoms with Gasteiger partial charge in [-0.1, -0.05) is 30.5 Å². The van der Waals surface area contributed by atoms with Crippen molar-refractivity contribution in [2.24, 2.45) is 5.92 Å². The van der Waals surface area contributed by atoms with Crippen molar-refractivity contribution < 1.29 is 0 Å². The average Bonchev–Trinajstić information content (AvgIpc) is 2.76. The Kier molecular flexibility index (Phi) is 3.34. The lowest BCUT2D eigenvalue weighted by Crippen LogP contribution is -2.34. The Labute approximate surface area is 108 Å². The van der Waals surface area contributed by atoms with Crippen LogP contribution in [-0.2, 0) is 6.54 Å². The van der Waals surface area contributed by atoms with Crippen LogP contribution < -0.4 is 0 Å². The summed E-state index contributed by atoms with van der Waals surface area (Å²) in [5.74, 6) is 0.944. The lowest BCUT2D eigenvalue weighted by atomic mass is 9.85. The van der Waals surface area contributed by atoms with E-state index in [2.05, 4.69) is 16.0 Å².